The highest BCUT2D eigenvalue weighted by Crippen LogP contribution is 2.28. The molecule has 1 N–H and O–H groups in total. The van der Waals surface area contributed by atoms with Gasteiger partial charge in [0.15, 0.2) is 11.6 Å². The van der Waals surface area contributed by atoms with Crippen LogP contribution in [0.2, 0.25) is 0 Å². The summed E-state index contributed by atoms with van der Waals surface area (Å²) in [4.78, 5) is 0. The Kier molecular flexibility index (Phi) is 3.89. The van der Waals surface area contributed by atoms with E-state index >= 15 is 0 Å². The lowest BCUT2D eigenvalue weighted by molar-refractivity contribution is 0.215. The van der Waals surface area contributed by atoms with Crippen LogP contribution >= 0.6 is 15.9 Å². The van der Waals surface area contributed by atoms with E-state index in [2.05, 4.69) is 15.9 Å². The second-order valence-corrected chi connectivity index (χ2v) is 4.12. The molecule has 0 aliphatic heterocycles. The average Bonchev–Trinajstić information content (AvgIpc) is 2.08. The molecule has 0 spiro atoms. The highest BCUT2D eigenvalue weighted by molar-refractivity contribution is 9.10. The van der Waals surface area contributed by atoms with Crippen LogP contribution in [-0.2, 0) is 6.61 Å². The van der Waals surface area contributed by atoms with Crippen molar-refractivity contribution in [1.29, 1.82) is 0 Å². The smallest absolute Gasteiger partial charge is 0.166 e. The quantitative estimate of drug-likeness (QED) is 0.908. The summed E-state index contributed by atoms with van der Waals surface area (Å²) in [6, 6.07) is 2.96. The highest BCUT2D eigenvalue weighted by atomic mass is 79.9. The SMILES string of the molecule is CC(C)Oc1c(F)cc(Br)cc1CO. The number of halogens is 2. The summed E-state index contributed by atoms with van der Waals surface area (Å²) < 4.78 is 19.3. The van der Waals surface area contributed by atoms with Crippen molar-refractivity contribution in [2.45, 2.75) is 26.6 Å². The van der Waals surface area contributed by atoms with Gasteiger partial charge in [-0.15, -0.1) is 0 Å². The van der Waals surface area contributed by atoms with Gasteiger partial charge in [0, 0.05) is 10.0 Å². The van der Waals surface area contributed by atoms with Crippen LogP contribution < -0.4 is 4.74 Å². The van der Waals surface area contributed by atoms with Crippen molar-refractivity contribution in [1.82, 2.24) is 0 Å². The fourth-order valence-electron chi connectivity index (χ4n) is 1.10. The Bertz CT molecular complexity index is 326. The average molecular weight is 263 g/mol. The lowest BCUT2D eigenvalue weighted by Crippen LogP contribution is -2.09. The molecule has 0 fully saturated rings. The predicted octanol–water partition coefficient (Wildman–Crippen LogP) is 2.87. The Labute approximate surface area is 90.8 Å². The third kappa shape index (κ3) is 2.69. The van der Waals surface area contributed by atoms with Crippen LogP contribution in [0.15, 0.2) is 16.6 Å². The molecular weight excluding hydrogens is 251 g/mol. The van der Waals surface area contributed by atoms with E-state index in [1.54, 1.807) is 6.07 Å². The van der Waals surface area contributed by atoms with Gasteiger partial charge in [0.1, 0.15) is 0 Å². The Hall–Kier alpha value is -0.610. The molecule has 2 nitrogen and oxygen atoms in total. The minimum absolute atomic E-state index is 0.115. The molecule has 78 valence electrons. The van der Waals surface area contributed by atoms with Gasteiger partial charge in [-0.2, -0.15) is 0 Å². The van der Waals surface area contributed by atoms with Crippen molar-refractivity contribution in [2.75, 3.05) is 0 Å². The summed E-state index contributed by atoms with van der Waals surface area (Å²) in [5, 5.41) is 9.01. The molecule has 0 aromatic heterocycles. The van der Waals surface area contributed by atoms with Crippen LogP contribution in [0.1, 0.15) is 19.4 Å². The van der Waals surface area contributed by atoms with E-state index in [0.717, 1.165) is 0 Å². The van der Waals surface area contributed by atoms with Gasteiger partial charge in [0.25, 0.3) is 0 Å². The predicted molar refractivity (Wildman–Crippen MR) is 55.8 cm³/mol. The summed E-state index contributed by atoms with van der Waals surface area (Å²) in [5.41, 5.74) is 0.450. The van der Waals surface area contributed by atoms with E-state index < -0.39 is 5.82 Å². The van der Waals surface area contributed by atoms with Crippen LogP contribution in [0, 0.1) is 5.82 Å². The zero-order valence-electron chi connectivity index (χ0n) is 8.05. The van der Waals surface area contributed by atoms with Crippen molar-refractivity contribution in [3.8, 4) is 5.75 Å². The molecule has 0 radical (unpaired) electrons. The Morgan fingerprint density at radius 1 is 1.50 bits per heavy atom. The number of aliphatic hydroxyl groups excluding tert-OH is 1. The zero-order valence-corrected chi connectivity index (χ0v) is 9.64. The van der Waals surface area contributed by atoms with E-state index in [1.165, 1.54) is 6.07 Å². The van der Waals surface area contributed by atoms with Gasteiger partial charge in [-0.1, -0.05) is 15.9 Å². The molecule has 1 aromatic rings. The van der Waals surface area contributed by atoms with E-state index in [1.807, 2.05) is 13.8 Å². The number of aliphatic hydroxyl groups is 1. The first kappa shape index (κ1) is 11.5. The summed E-state index contributed by atoms with van der Waals surface area (Å²) in [6.07, 6.45) is -0.115. The topological polar surface area (TPSA) is 29.5 Å². The number of hydrogen-bond donors (Lipinski definition) is 1. The largest absolute Gasteiger partial charge is 0.488 e. The third-order valence-electron chi connectivity index (χ3n) is 1.61. The second kappa shape index (κ2) is 4.75. The van der Waals surface area contributed by atoms with Gasteiger partial charge >= 0.3 is 0 Å². The molecule has 0 saturated carbocycles. The van der Waals surface area contributed by atoms with Gasteiger partial charge in [-0.25, -0.2) is 4.39 Å². The third-order valence-corrected chi connectivity index (χ3v) is 2.07. The molecule has 0 aliphatic rings. The van der Waals surface area contributed by atoms with Crippen LogP contribution in [0.4, 0.5) is 4.39 Å². The van der Waals surface area contributed by atoms with E-state index in [4.69, 9.17) is 9.84 Å². The van der Waals surface area contributed by atoms with Gasteiger partial charge in [-0.05, 0) is 26.0 Å². The second-order valence-electron chi connectivity index (χ2n) is 3.20. The molecule has 0 unspecified atom stereocenters. The maximum atomic E-state index is 13.4. The van der Waals surface area contributed by atoms with Crippen molar-refractivity contribution < 1.29 is 14.2 Å². The molecule has 0 aliphatic carbocycles. The Morgan fingerprint density at radius 3 is 2.64 bits per heavy atom. The standard InChI is InChI=1S/C10H12BrFO2/c1-6(2)14-10-7(5-13)3-8(11)4-9(10)12/h3-4,6,13H,5H2,1-2H3. The maximum Gasteiger partial charge on any atom is 0.166 e. The van der Waals surface area contributed by atoms with Gasteiger partial charge < -0.3 is 9.84 Å². The maximum absolute atomic E-state index is 13.4. The molecule has 1 rings (SSSR count). The number of hydrogen-bond acceptors (Lipinski definition) is 2. The van der Waals surface area contributed by atoms with Crippen molar-refractivity contribution in [3.05, 3.63) is 28.0 Å². The lowest BCUT2D eigenvalue weighted by Gasteiger charge is -2.14. The molecule has 0 amide bonds. The monoisotopic (exact) mass is 262 g/mol. The van der Waals surface area contributed by atoms with Crippen LogP contribution in [0.5, 0.6) is 5.75 Å². The molecule has 14 heavy (non-hydrogen) atoms. The Balaban J connectivity index is 3.11. The van der Waals surface area contributed by atoms with Crippen molar-refractivity contribution >= 4 is 15.9 Å². The van der Waals surface area contributed by atoms with Crippen LogP contribution in [-0.4, -0.2) is 11.2 Å². The first-order valence-electron chi connectivity index (χ1n) is 4.30. The number of benzene rings is 1. The fourth-order valence-corrected chi connectivity index (χ4v) is 1.58. The van der Waals surface area contributed by atoms with Gasteiger partial charge in [0.2, 0.25) is 0 Å². The first-order chi connectivity index (χ1) is 6.54. The molecule has 0 bridgehead atoms. The molecular formula is C10H12BrFO2. The molecule has 0 atom stereocenters. The minimum atomic E-state index is -0.461. The van der Waals surface area contributed by atoms with Gasteiger partial charge in [-0.3, -0.25) is 0 Å². The molecule has 0 saturated heterocycles. The van der Waals surface area contributed by atoms with E-state index in [0.29, 0.717) is 10.0 Å². The summed E-state index contributed by atoms with van der Waals surface area (Å²) in [5.74, 6) is -0.331. The molecule has 0 heterocycles. The summed E-state index contributed by atoms with van der Waals surface area (Å²) >= 11 is 3.15. The molecule has 4 heteroatoms. The zero-order chi connectivity index (χ0) is 10.7. The van der Waals surface area contributed by atoms with Crippen LogP contribution in [0.3, 0.4) is 0 Å². The molecule has 1 aromatic carbocycles. The lowest BCUT2D eigenvalue weighted by atomic mass is 10.2. The number of ether oxygens (including phenoxy) is 1. The van der Waals surface area contributed by atoms with E-state index in [9.17, 15) is 4.39 Å². The summed E-state index contributed by atoms with van der Waals surface area (Å²) in [6.45, 7) is 3.38. The van der Waals surface area contributed by atoms with Crippen LogP contribution in [0.25, 0.3) is 0 Å². The summed E-state index contributed by atoms with van der Waals surface area (Å²) in [7, 11) is 0. The van der Waals surface area contributed by atoms with Crippen molar-refractivity contribution in [2.24, 2.45) is 0 Å². The van der Waals surface area contributed by atoms with E-state index in [-0.39, 0.29) is 18.5 Å². The normalized spacial score (nSPS) is 10.7. The fraction of sp³-hybridized carbons (Fsp3) is 0.400. The number of rotatable bonds is 3. The minimum Gasteiger partial charge on any atom is -0.488 e. The first-order valence-corrected chi connectivity index (χ1v) is 5.09. The van der Waals surface area contributed by atoms with Crippen molar-refractivity contribution in [3.63, 3.8) is 0 Å². The Morgan fingerprint density at radius 2 is 2.14 bits per heavy atom. The highest BCUT2D eigenvalue weighted by Gasteiger charge is 2.12. The van der Waals surface area contributed by atoms with Gasteiger partial charge in [0.05, 0.1) is 12.7 Å².